The maximum absolute atomic E-state index is 17.0. The Bertz CT molecular complexity index is 2000. The lowest BCUT2D eigenvalue weighted by molar-refractivity contribution is -0.384. The lowest BCUT2D eigenvalue weighted by Crippen LogP contribution is -2.30. The van der Waals surface area contributed by atoms with E-state index in [4.69, 9.17) is 14.2 Å². The monoisotopic (exact) mass is 605 g/mol. The standard InChI is InChI=1S/C36H32NO6P/c1-4-41-31-20-15-24-11-7-9-13-28(24)34(31)44(40,35-29-14-10-8-12-25(29)16-21-32(35)42-5-2)36-30-19-18-27(37(38)39)23-26(30)17-22-33(36)43-6-3/h7-23H,4-6H2,1-3H3. The Balaban J connectivity index is 1.90. The minimum absolute atomic E-state index is 0.0530. The zero-order valence-corrected chi connectivity index (χ0v) is 25.7. The minimum Gasteiger partial charge on any atom is -0.493 e. The number of nitro groups is 1. The fraction of sp³-hybridized carbons (Fsp3) is 0.167. The molecule has 0 atom stereocenters. The SMILES string of the molecule is CCOc1ccc2ccccc2c1P(=O)(c1c(OCC)ccc2ccccc12)c1c(OCC)ccc2cc([N+](=O)[O-])ccc12. The number of non-ortho nitro benzene ring substituents is 1. The molecule has 6 aromatic carbocycles. The highest BCUT2D eigenvalue weighted by Gasteiger charge is 2.42. The minimum atomic E-state index is -4.00. The van der Waals surface area contributed by atoms with Crippen LogP contribution < -0.4 is 30.1 Å². The fourth-order valence-corrected chi connectivity index (χ4v) is 9.64. The third kappa shape index (κ3) is 4.83. The van der Waals surface area contributed by atoms with E-state index in [1.54, 1.807) is 18.2 Å². The third-order valence-electron chi connectivity index (χ3n) is 7.72. The van der Waals surface area contributed by atoms with Crippen LogP contribution in [-0.4, -0.2) is 24.7 Å². The lowest BCUT2D eigenvalue weighted by Gasteiger charge is -2.29. The van der Waals surface area contributed by atoms with Crippen molar-refractivity contribution in [1.29, 1.82) is 0 Å². The Labute approximate surface area is 255 Å². The first-order valence-corrected chi connectivity index (χ1v) is 16.4. The van der Waals surface area contributed by atoms with Gasteiger partial charge in [-0.1, -0.05) is 66.7 Å². The summed E-state index contributed by atoms with van der Waals surface area (Å²) >= 11 is 0. The summed E-state index contributed by atoms with van der Waals surface area (Å²) in [5.74, 6) is 1.42. The second-order valence-electron chi connectivity index (χ2n) is 10.3. The number of hydrogen-bond acceptors (Lipinski definition) is 6. The van der Waals surface area contributed by atoms with Crippen LogP contribution in [-0.2, 0) is 4.57 Å². The average Bonchev–Trinajstić information content (AvgIpc) is 3.04. The quantitative estimate of drug-likeness (QED) is 0.0897. The highest BCUT2D eigenvalue weighted by molar-refractivity contribution is 7.87. The molecule has 0 amide bonds. The molecule has 0 N–H and O–H groups in total. The van der Waals surface area contributed by atoms with Gasteiger partial charge in [-0.15, -0.1) is 0 Å². The van der Waals surface area contributed by atoms with Gasteiger partial charge in [-0.2, -0.15) is 0 Å². The van der Waals surface area contributed by atoms with Crippen LogP contribution in [0.3, 0.4) is 0 Å². The molecular weight excluding hydrogens is 573 g/mol. The topological polar surface area (TPSA) is 87.9 Å². The van der Waals surface area contributed by atoms with Gasteiger partial charge in [0.1, 0.15) is 17.2 Å². The van der Waals surface area contributed by atoms with Crippen LogP contribution in [0.25, 0.3) is 32.3 Å². The molecule has 0 aliphatic rings. The van der Waals surface area contributed by atoms with Crippen LogP contribution in [0.4, 0.5) is 5.69 Å². The van der Waals surface area contributed by atoms with Gasteiger partial charge in [0.2, 0.25) is 0 Å². The van der Waals surface area contributed by atoms with Crippen LogP contribution in [0.2, 0.25) is 0 Å². The van der Waals surface area contributed by atoms with Crippen LogP contribution in [0.1, 0.15) is 20.8 Å². The van der Waals surface area contributed by atoms with Crippen LogP contribution in [0.5, 0.6) is 17.2 Å². The number of hydrogen-bond donors (Lipinski definition) is 0. The predicted molar refractivity (Wildman–Crippen MR) is 179 cm³/mol. The third-order valence-corrected chi connectivity index (χ3v) is 11.0. The van der Waals surface area contributed by atoms with E-state index in [0.717, 1.165) is 21.5 Å². The number of ether oxygens (including phenoxy) is 3. The molecule has 0 saturated heterocycles. The number of rotatable bonds is 10. The van der Waals surface area contributed by atoms with Crippen molar-refractivity contribution in [3.63, 3.8) is 0 Å². The van der Waals surface area contributed by atoms with Crippen LogP contribution >= 0.6 is 7.14 Å². The van der Waals surface area contributed by atoms with Crippen molar-refractivity contribution in [1.82, 2.24) is 0 Å². The van der Waals surface area contributed by atoms with Crippen LogP contribution in [0, 0.1) is 10.1 Å². The normalized spacial score (nSPS) is 11.6. The fourth-order valence-electron chi connectivity index (χ4n) is 5.99. The highest BCUT2D eigenvalue weighted by Crippen LogP contribution is 2.54. The number of benzene rings is 6. The van der Waals surface area contributed by atoms with Crippen molar-refractivity contribution < 1.29 is 23.7 Å². The molecule has 0 radical (unpaired) electrons. The maximum Gasteiger partial charge on any atom is 0.270 e. The van der Waals surface area contributed by atoms with Crippen molar-refractivity contribution in [3.05, 3.63) is 113 Å². The predicted octanol–water partition coefficient (Wildman–Crippen LogP) is 7.89. The summed E-state index contributed by atoms with van der Waals surface area (Å²) in [6.45, 7) is 6.72. The van der Waals surface area contributed by atoms with Gasteiger partial charge in [-0.05, 0) is 77.4 Å². The molecule has 8 heteroatoms. The number of nitrogens with zero attached hydrogens (tertiary/aromatic N) is 1. The maximum atomic E-state index is 17.0. The Kier molecular flexibility index (Phi) is 7.98. The van der Waals surface area contributed by atoms with Crippen molar-refractivity contribution in [2.45, 2.75) is 20.8 Å². The first kappa shape index (κ1) is 29.2. The molecular formula is C36H32NO6P. The smallest absolute Gasteiger partial charge is 0.270 e. The van der Waals surface area contributed by atoms with Gasteiger partial charge in [0, 0.05) is 12.1 Å². The molecule has 0 aromatic heterocycles. The molecule has 6 aromatic rings. The first-order chi connectivity index (χ1) is 21.4. The summed E-state index contributed by atoms with van der Waals surface area (Å²) in [5, 5.41) is 17.8. The molecule has 44 heavy (non-hydrogen) atoms. The van der Waals surface area contributed by atoms with E-state index in [-0.39, 0.29) is 5.69 Å². The van der Waals surface area contributed by atoms with Gasteiger partial charge in [0.25, 0.3) is 5.69 Å². The Hall–Kier alpha value is -4.87. The van der Waals surface area contributed by atoms with Crippen molar-refractivity contribution >= 4 is 61.1 Å². The first-order valence-electron chi connectivity index (χ1n) is 14.7. The summed E-state index contributed by atoms with van der Waals surface area (Å²) in [4.78, 5) is 11.3. The summed E-state index contributed by atoms with van der Waals surface area (Å²) in [6, 6.07) is 31.5. The molecule has 0 bridgehead atoms. The largest absolute Gasteiger partial charge is 0.493 e. The summed E-state index contributed by atoms with van der Waals surface area (Å²) < 4.78 is 35.8. The summed E-state index contributed by atoms with van der Waals surface area (Å²) in [5.41, 5.74) is -0.0530. The second kappa shape index (κ2) is 12.0. The molecule has 0 spiro atoms. The Morgan fingerprint density at radius 1 is 0.568 bits per heavy atom. The molecule has 0 saturated carbocycles. The van der Waals surface area contributed by atoms with Gasteiger partial charge < -0.3 is 18.8 Å². The van der Waals surface area contributed by atoms with Gasteiger partial charge in [-0.25, -0.2) is 0 Å². The molecule has 222 valence electrons. The molecule has 0 heterocycles. The van der Waals surface area contributed by atoms with Crippen molar-refractivity contribution in [2.75, 3.05) is 19.8 Å². The van der Waals surface area contributed by atoms with E-state index >= 15 is 4.57 Å². The molecule has 6 rings (SSSR count). The molecule has 0 aliphatic heterocycles. The van der Waals surface area contributed by atoms with E-state index in [9.17, 15) is 10.1 Å². The van der Waals surface area contributed by atoms with Crippen molar-refractivity contribution in [2.24, 2.45) is 0 Å². The number of nitro benzene ring substituents is 1. The van der Waals surface area contributed by atoms with E-state index in [1.807, 2.05) is 93.6 Å². The van der Waals surface area contributed by atoms with Gasteiger partial charge >= 0.3 is 0 Å². The molecule has 0 unspecified atom stereocenters. The number of fused-ring (bicyclic) bond motifs is 3. The zero-order valence-electron chi connectivity index (χ0n) is 24.8. The van der Waals surface area contributed by atoms with Gasteiger partial charge in [0.15, 0.2) is 7.14 Å². The van der Waals surface area contributed by atoms with Crippen LogP contribution in [0.15, 0.2) is 103 Å². The van der Waals surface area contributed by atoms with E-state index in [1.165, 1.54) is 12.1 Å². The summed E-state index contributed by atoms with van der Waals surface area (Å²) in [6.07, 6.45) is 0. The second-order valence-corrected chi connectivity index (χ2v) is 12.8. The van der Waals surface area contributed by atoms with E-state index < -0.39 is 12.1 Å². The Morgan fingerprint density at radius 2 is 0.977 bits per heavy atom. The lowest BCUT2D eigenvalue weighted by atomic mass is 10.1. The van der Waals surface area contributed by atoms with E-state index in [0.29, 0.717) is 63.8 Å². The van der Waals surface area contributed by atoms with Crippen molar-refractivity contribution in [3.8, 4) is 17.2 Å². The molecule has 0 fully saturated rings. The average molecular weight is 606 g/mol. The summed E-state index contributed by atoms with van der Waals surface area (Å²) in [7, 11) is -4.00. The zero-order chi connectivity index (χ0) is 30.8. The van der Waals surface area contributed by atoms with Gasteiger partial charge in [0.05, 0.1) is 40.7 Å². The van der Waals surface area contributed by atoms with E-state index in [2.05, 4.69) is 0 Å². The molecule has 7 nitrogen and oxygen atoms in total. The highest BCUT2D eigenvalue weighted by atomic mass is 31.2. The Morgan fingerprint density at radius 3 is 1.41 bits per heavy atom. The van der Waals surface area contributed by atoms with Gasteiger partial charge in [-0.3, -0.25) is 10.1 Å². The molecule has 0 aliphatic carbocycles.